The molecular formula is Cl3OSn. The second kappa shape index (κ2) is 3.81. The molecule has 5 heavy (non-hydrogen) atoms. The van der Waals surface area contributed by atoms with Crippen molar-refractivity contribution in [3.8, 4) is 0 Å². The minimum absolute atomic E-state index is 2.37. The van der Waals surface area contributed by atoms with Crippen molar-refractivity contribution in [2.24, 2.45) is 0 Å². The van der Waals surface area contributed by atoms with Gasteiger partial charge in [0.15, 0.2) is 0 Å². The maximum absolute atomic E-state index is 5.07. The quantitative estimate of drug-likeness (QED) is 0.634. The van der Waals surface area contributed by atoms with Gasteiger partial charge in [0.1, 0.15) is 0 Å². The summed E-state index contributed by atoms with van der Waals surface area (Å²) in [4.78, 5) is 0. The number of halogens is 3. The molecule has 0 N–H and O–H groups in total. The first-order valence-electron chi connectivity index (χ1n) is 0.736. The molecule has 1 radical (unpaired) electrons. The van der Waals surface area contributed by atoms with Crippen LogP contribution in [0.4, 0.5) is 0 Å². The number of rotatable bonds is 1. The Morgan fingerprint density at radius 2 is 1.60 bits per heavy atom. The van der Waals surface area contributed by atoms with Crippen molar-refractivity contribution in [3.05, 3.63) is 0 Å². The van der Waals surface area contributed by atoms with Gasteiger partial charge in [-0.2, -0.15) is 0 Å². The third kappa shape index (κ3) is 5.63. The van der Waals surface area contributed by atoms with Crippen molar-refractivity contribution in [1.82, 2.24) is 0 Å². The third-order valence-corrected chi connectivity index (χ3v) is 3.52. The van der Waals surface area contributed by atoms with Crippen molar-refractivity contribution < 1.29 is 2.63 Å². The van der Waals surface area contributed by atoms with Crippen molar-refractivity contribution >= 4 is 47.6 Å². The molecule has 0 spiro atoms. The van der Waals surface area contributed by atoms with E-state index in [1.165, 1.54) is 0 Å². The van der Waals surface area contributed by atoms with Gasteiger partial charge in [0.2, 0.25) is 0 Å². The summed E-state index contributed by atoms with van der Waals surface area (Å²) in [5.41, 5.74) is 0. The van der Waals surface area contributed by atoms with Crippen molar-refractivity contribution in [2.75, 3.05) is 0 Å². The standard InChI is InChI=1S/ClO.2ClH.Sn/c1-2;;;/h;2*1H;/q-1;;;+3/p-2. The van der Waals surface area contributed by atoms with E-state index in [0.29, 0.717) is 0 Å². The van der Waals surface area contributed by atoms with Gasteiger partial charge in [-0.25, -0.2) is 0 Å². The van der Waals surface area contributed by atoms with Crippen LogP contribution in [0.1, 0.15) is 0 Å². The Morgan fingerprint density at radius 1 is 1.40 bits per heavy atom. The predicted octanol–water partition coefficient (Wildman–Crippen LogP) is 1.62. The molecule has 0 aromatic heterocycles. The van der Waals surface area contributed by atoms with Gasteiger partial charge < -0.3 is 0 Å². The number of hydrogen-bond acceptors (Lipinski definition) is 1. The van der Waals surface area contributed by atoms with E-state index in [-0.39, 0.29) is 0 Å². The normalized spacial score (nSPS) is 9.60. The van der Waals surface area contributed by atoms with Gasteiger partial charge in [0, 0.05) is 0 Å². The molecule has 1 nitrogen and oxygen atoms in total. The van der Waals surface area contributed by atoms with E-state index in [1.54, 1.807) is 0 Å². The van der Waals surface area contributed by atoms with E-state index in [4.69, 9.17) is 17.8 Å². The second-order valence-electron chi connectivity index (χ2n) is 0.303. The van der Waals surface area contributed by atoms with Crippen molar-refractivity contribution in [2.45, 2.75) is 0 Å². The average Bonchev–Trinajstić information content (AvgIpc) is 1.38. The topological polar surface area (TPSA) is 9.23 Å². The van der Waals surface area contributed by atoms with E-state index >= 15 is 0 Å². The second-order valence-corrected chi connectivity index (χ2v) is 8.97. The molecule has 0 saturated carbocycles. The van der Waals surface area contributed by atoms with Crippen LogP contribution in [0.3, 0.4) is 0 Å². The van der Waals surface area contributed by atoms with Crippen LogP contribution in [0.15, 0.2) is 0 Å². The predicted molar refractivity (Wildman–Crippen MR) is 24.4 cm³/mol. The molecule has 0 rings (SSSR count). The van der Waals surface area contributed by atoms with Crippen molar-refractivity contribution in [1.29, 1.82) is 0 Å². The van der Waals surface area contributed by atoms with Gasteiger partial charge in [0.25, 0.3) is 0 Å². The zero-order valence-corrected chi connectivity index (χ0v) is 7.16. The molecule has 0 atom stereocenters. The number of hydrogen-bond donors (Lipinski definition) is 0. The van der Waals surface area contributed by atoms with Crippen LogP contribution in [0, 0.1) is 0 Å². The Bertz CT molecular complexity index is 20.9. The van der Waals surface area contributed by atoms with Crippen LogP contribution >= 0.6 is 29.7 Å². The molecule has 0 bridgehead atoms. The molecule has 31 valence electrons. The molecule has 0 aliphatic heterocycles. The Kier molecular flexibility index (Phi) is 5.05. The summed E-state index contributed by atoms with van der Waals surface area (Å²) in [7, 11) is 10.1. The van der Waals surface area contributed by atoms with Crippen LogP contribution < -0.4 is 0 Å². The van der Waals surface area contributed by atoms with Gasteiger partial charge in [-0.05, 0) is 0 Å². The van der Waals surface area contributed by atoms with Crippen LogP contribution in [0.5, 0.6) is 0 Å². The maximum atomic E-state index is 5.07. The summed E-state index contributed by atoms with van der Waals surface area (Å²) in [6.07, 6.45) is 0. The molecule has 0 aromatic rings. The van der Waals surface area contributed by atoms with Crippen LogP contribution in [0.2, 0.25) is 0 Å². The van der Waals surface area contributed by atoms with Gasteiger partial charge >= 0.3 is 50.3 Å². The SMILES string of the molecule is Cl[O][Sn]([Cl])[Cl]. The van der Waals surface area contributed by atoms with Gasteiger partial charge in [-0.15, -0.1) is 0 Å². The molecule has 0 aliphatic rings. The fourth-order valence-corrected chi connectivity index (χ4v) is 0. The Balaban J connectivity index is 2.54. The molecule has 5 heteroatoms. The molecule has 0 amide bonds. The molecule has 0 unspecified atom stereocenters. The summed E-state index contributed by atoms with van der Waals surface area (Å²) in [6.45, 7) is 0. The van der Waals surface area contributed by atoms with E-state index in [9.17, 15) is 0 Å². The zero-order valence-electron chi connectivity index (χ0n) is 2.04. The first-order chi connectivity index (χ1) is 2.27. The molecule has 0 aliphatic carbocycles. The summed E-state index contributed by atoms with van der Waals surface area (Å²) in [5, 5.41) is 0. The van der Waals surface area contributed by atoms with Crippen LogP contribution in [-0.2, 0) is 2.63 Å². The molecular weight excluding hydrogens is 241 g/mol. The van der Waals surface area contributed by atoms with Crippen molar-refractivity contribution in [3.63, 3.8) is 0 Å². The third-order valence-electron chi connectivity index (χ3n) is 0.0583. The molecule has 0 fully saturated rings. The molecule has 0 aromatic carbocycles. The van der Waals surface area contributed by atoms with E-state index in [2.05, 4.69) is 14.5 Å². The zero-order chi connectivity index (χ0) is 4.28. The monoisotopic (exact) mass is 241 g/mol. The average molecular weight is 241 g/mol. The van der Waals surface area contributed by atoms with Gasteiger partial charge in [0.05, 0.1) is 0 Å². The van der Waals surface area contributed by atoms with Crippen LogP contribution in [-0.4, -0.2) is 17.9 Å². The van der Waals surface area contributed by atoms with Crippen LogP contribution in [0.25, 0.3) is 0 Å². The fraction of sp³-hybridized carbons (Fsp3) is 0. The Labute approximate surface area is 50.0 Å². The summed E-state index contributed by atoms with van der Waals surface area (Å²) in [6, 6.07) is 0. The van der Waals surface area contributed by atoms with E-state index in [1.807, 2.05) is 0 Å². The fourth-order valence-electron chi connectivity index (χ4n) is 0. The van der Waals surface area contributed by atoms with Gasteiger partial charge in [-0.1, -0.05) is 0 Å². The first kappa shape index (κ1) is 6.63. The Hall–Kier alpha value is 1.63. The molecule has 0 heterocycles. The molecule has 0 saturated heterocycles. The Morgan fingerprint density at radius 3 is 1.60 bits per heavy atom. The van der Waals surface area contributed by atoms with E-state index in [0.717, 1.165) is 0 Å². The summed E-state index contributed by atoms with van der Waals surface area (Å²) >= 11 is 2.29. The minimum atomic E-state index is -2.37. The first-order valence-corrected chi connectivity index (χ1v) is 9.44. The summed E-state index contributed by atoms with van der Waals surface area (Å²) in [5.74, 6) is 0. The van der Waals surface area contributed by atoms with E-state index < -0.39 is 17.9 Å². The summed E-state index contributed by atoms with van der Waals surface area (Å²) < 4.78 is 3.95. The van der Waals surface area contributed by atoms with Gasteiger partial charge in [-0.3, -0.25) is 0 Å².